The van der Waals surface area contributed by atoms with Gasteiger partial charge in [-0.15, -0.1) is 0 Å². The van der Waals surface area contributed by atoms with Gasteiger partial charge in [0.1, 0.15) is 5.75 Å². The number of halogens is 1. The zero-order valence-corrected chi connectivity index (χ0v) is 16.8. The second kappa shape index (κ2) is 8.44. The Kier molecular flexibility index (Phi) is 5.99. The topological polar surface area (TPSA) is 73.2 Å². The molecule has 28 heavy (non-hydrogen) atoms. The monoisotopic (exact) mass is 399 g/mol. The number of anilines is 1. The lowest BCUT2D eigenvalue weighted by Crippen LogP contribution is -2.29. The maximum Gasteiger partial charge on any atom is 0.276 e. The Morgan fingerprint density at radius 3 is 2.61 bits per heavy atom. The van der Waals surface area contributed by atoms with Crippen LogP contribution in [0.25, 0.3) is 10.8 Å². The minimum atomic E-state index is -0.436. The second-order valence-corrected chi connectivity index (χ2v) is 7.12. The van der Waals surface area contributed by atoms with Gasteiger partial charge in [0.2, 0.25) is 0 Å². The van der Waals surface area contributed by atoms with Gasteiger partial charge in [-0.1, -0.05) is 36.7 Å². The molecule has 0 atom stereocenters. The third kappa shape index (κ3) is 4.02. The van der Waals surface area contributed by atoms with E-state index in [0.717, 1.165) is 6.42 Å². The fourth-order valence-electron chi connectivity index (χ4n) is 2.84. The minimum absolute atomic E-state index is 0.172. The van der Waals surface area contributed by atoms with E-state index in [1.54, 1.807) is 42.5 Å². The van der Waals surface area contributed by atoms with Crippen molar-refractivity contribution in [1.82, 2.24) is 9.78 Å². The van der Waals surface area contributed by atoms with Gasteiger partial charge in [-0.3, -0.25) is 9.59 Å². The predicted molar refractivity (Wildman–Crippen MR) is 112 cm³/mol. The van der Waals surface area contributed by atoms with Crippen molar-refractivity contribution in [2.45, 2.75) is 33.2 Å². The van der Waals surface area contributed by atoms with Crippen molar-refractivity contribution in [1.29, 1.82) is 0 Å². The second-order valence-electron chi connectivity index (χ2n) is 6.68. The van der Waals surface area contributed by atoms with E-state index in [-0.39, 0.29) is 17.3 Å². The molecule has 0 saturated carbocycles. The van der Waals surface area contributed by atoms with E-state index in [2.05, 4.69) is 10.4 Å². The summed E-state index contributed by atoms with van der Waals surface area (Å²) in [6, 6.07) is 11.8. The highest BCUT2D eigenvalue weighted by Crippen LogP contribution is 2.29. The summed E-state index contributed by atoms with van der Waals surface area (Å²) in [6.07, 6.45) is 0.835. The van der Waals surface area contributed by atoms with Crippen LogP contribution in [0, 0.1) is 0 Å². The molecule has 0 aliphatic heterocycles. The molecule has 0 aliphatic carbocycles. The largest absolute Gasteiger partial charge is 0.491 e. The fourth-order valence-corrected chi connectivity index (χ4v) is 3.02. The average molecular weight is 400 g/mol. The lowest BCUT2D eigenvalue weighted by Gasteiger charge is -2.15. The number of aromatic nitrogens is 2. The summed E-state index contributed by atoms with van der Waals surface area (Å²) in [5.74, 6) is 0.0929. The Morgan fingerprint density at radius 2 is 1.93 bits per heavy atom. The van der Waals surface area contributed by atoms with Gasteiger partial charge in [0.25, 0.3) is 11.5 Å². The number of rotatable bonds is 6. The predicted octanol–water partition coefficient (Wildman–Crippen LogP) is 4.67. The highest BCUT2D eigenvalue weighted by Gasteiger charge is 2.19. The number of nitrogens with one attached hydrogen (secondary N) is 1. The molecule has 0 bridgehead atoms. The maximum atomic E-state index is 13.1. The SMILES string of the molecule is CCCOc1ccc(Cl)cc1NC(=O)c1nn(C(C)C)c(=O)c2ccccc12. The van der Waals surface area contributed by atoms with Crippen LogP contribution in [0.2, 0.25) is 5.02 Å². The molecular formula is C21H22ClN3O3. The van der Waals surface area contributed by atoms with Crippen LogP contribution in [0.1, 0.15) is 43.7 Å². The first-order valence-corrected chi connectivity index (χ1v) is 9.55. The molecular weight excluding hydrogens is 378 g/mol. The van der Waals surface area contributed by atoms with Crippen molar-refractivity contribution in [3.05, 3.63) is 63.5 Å². The first kappa shape index (κ1) is 19.9. The standard InChI is InChI=1S/C21H22ClN3O3/c1-4-11-28-18-10-9-14(22)12-17(18)23-20(26)19-15-7-5-6-8-16(15)21(27)25(24-19)13(2)3/h5-10,12-13H,4,11H2,1-3H3,(H,23,26). The number of ether oxygens (including phenoxy) is 1. The van der Waals surface area contributed by atoms with Gasteiger partial charge in [0.15, 0.2) is 5.69 Å². The third-order valence-corrected chi connectivity index (χ3v) is 4.42. The summed E-state index contributed by atoms with van der Waals surface area (Å²) >= 11 is 6.10. The molecule has 146 valence electrons. The molecule has 0 aliphatic rings. The molecule has 3 rings (SSSR count). The quantitative estimate of drug-likeness (QED) is 0.653. The molecule has 0 fully saturated rings. The number of nitrogens with zero attached hydrogens (tertiary/aromatic N) is 2. The number of fused-ring (bicyclic) bond motifs is 1. The van der Waals surface area contributed by atoms with Crippen molar-refractivity contribution >= 4 is 34.0 Å². The Labute approximate surface area is 168 Å². The van der Waals surface area contributed by atoms with E-state index in [1.165, 1.54) is 4.68 Å². The van der Waals surface area contributed by atoms with Crippen molar-refractivity contribution in [3.63, 3.8) is 0 Å². The lowest BCUT2D eigenvalue weighted by molar-refractivity contribution is 0.102. The van der Waals surface area contributed by atoms with Crippen molar-refractivity contribution in [3.8, 4) is 5.75 Å². The molecule has 2 aromatic carbocycles. The van der Waals surface area contributed by atoms with Gasteiger partial charge in [0.05, 0.1) is 23.7 Å². The highest BCUT2D eigenvalue weighted by molar-refractivity contribution is 6.31. The van der Waals surface area contributed by atoms with E-state index >= 15 is 0 Å². The summed E-state index contributed by atoms with van der Waals surface area (Å²) in [7, 11) is 0. The van der Waals surface area contributed by atoms with E-state index < -0.39 is 5.91 Å². The first-order chi connectivity index (χ1) is 13.4. The smallest absolute Gasteiger partial charge is 0.276 e. The van der Waals surface area contributed by atoms with Gasteiger partial charge in [-0.25, -0.2) is 4.68 Å². The molecule has 1 N–H and O–H groups in total. The maximum absolute atomic E-state index is 13.1. The number of carbonyl (C=O) groups excluding carboxylic acids is 1. The molecule has 0 radical (unpaired) electrons. The third-order valence-electron chi connectivity index (χ3n) is 4.18. The molecule has 3 aromatic rings. The van der Waals surface area contributed by atoms with Gasteiger partial charge in [-0.2, -0.15) is 5.10 Å². The molecule has 1 aromatic heterocycles. The van der Waals surface area contributed by atoms with Gasteiger partial charge >= 0.3 is 0 Å². The fraction of sp³-hybridized carbons (Fsp3) is 0.286. The molecule has 1 amide bonds. The Bertz CT molecular complexity index is 1080. The number of amides is 1. The molecule has 0 unspecified atom stereocenters. The van der Waals surface area contributed by atoms with Crippen LogP contribution in [-0.4, -0.2) is 22.3 Å². The minimum Gasteiger partial charge on any atom is -0.491 e. The summed E-state index contributed by atoms with van der Waals surface area (Å²) < 4.78 is 7.02. The average Bonchev–Trinajstić information content (AvgIpc) is 2.67. The number of hydrogen-bond donors (Lipinski definition) is 1. The van der Waals surface area contributed by atoms with Crippen LogP contribution in [0.3, 0.4) is 0 Å². The van der Waals surface area contributed by atoms with Crippen LogP contribution in [-0.2, 0) is 0 Å². The molecule has 6 nitrogen and oxygen atoms in total. The van der Waals surface area contributed by atoms with Crippen molar-refractivity contribution in [2.24, 2.45) is 0 Å². The van der Waals surface area contributed by atoms with Crippen molar-refractivity contribution < 1.29 is 9.53 Å². The summed E-state index contributed by atoms with van der Waals surface area (Å²) in [4.78, 5) is 25.7. The summed E-state index contributed by atoms with van der Waals surface area (Å²) in [5, 5.41) is 8.58. The van der Waals surface area contributed by atoms with Crippen LogP contribution >= 0.6 is 11.6 Å². The molecule has 0 spiro atoms. The van der Waals surface area contributed by atoms with Gasteiger partial charge in [0, 0.05) is 10.4 Å². The highest BCUT2D eigenvalue weighted by atomic mass is 35.5. The summed E-state index contributed by atoms with van der Waals surface area (Å²) in [5.41, 5.74) is 0.404. The van der Waals surface area contributed by atoms with Crippen LogP contribution in [0.5, 0.6) is 5.75 Å². The van der Waals surface area contributed by atoms with E-state index in [1.807, 2.05) is 20.8 Å². The van der Waals surface area contributed by atoms with Gasteiger partial charge in [-0.05, 0) is 44.5 Å². The Morgan fingerprint density at radius 1 is 1.21 bits per heavy atom. The molecule has 1 heterocycles. The summed E-state index contributed by atoms with van der Waals surface area (Å²) in [6.45, 7) is 6.21. The molecule has 7 heteroatoms. The Hall–Kier alpha value is -2.86. The van der Waals surface area contributed by atoms with Gasteiger partial charge < -0.3 is 10.1 Å². The first-order valence-electron chi connectivity index (χ1n) is 9.17. The number of carbonyl (C=O) groups is 1. The lowest BCUT2D eigenvalue weighted by atomic mass is 10.1. The Balaban J connectivity index is 2.07. The normalized spacial score (nSPS) is 11.0. The number of hydrogen-bond acceptors (Lipinski definition) is 4. The van der Waals surface area contributed by atoms with Crippen LogP contribution in [0.15, 0.2) is 47.3 Å². The van der Waals surface area contributed by atoms with E-state index in [4.69, 9.17) is 16.3 Å². The number of benzene rings is 2. The zero-order valence-electron chi connectivity index (χ0n) is 16.0. The van der Waals surface area contributed by atoms with E-state index in [9.17, 15) is 9.59 Å². The molecule has 0 saturated heterocycles. The van der Waals surface area contributed by atoms with Crippen LogP contribution in [0.4, 0.5) is 5.69 Å². The van der Waals surface area contributed by atoms with E-state index in [0.29, 0.717) is 33.8 Å². The van der Waals surface area contributed by atoms with Crippen LogP contribution < -0.4 is 15.6 Å². The van der Waals surface area contributed by atoms with Crippen molar-refractivity contribution in [2.75, 3.05) is 11.9 Å². The zero-order chi connectivity index (χ0) is 20.3.